The Labute approximate surface area is 197 Å². The van der Waals surface area contributed by atoms with Crippen LogP contribution >= 0.6 is 0 Å². The zero-order valence-electron chi connectivity index (χ0n) is 20.6. The van der Waals surface area contributed by atoms with Crippen LogP contribution in [0.15, 0.2) is 36.4 Å². The van der Waals surface area contributed by atoms with Crippen molar-refractivity contribution in [3.8, 4) is 34.1 Å². The van der Waals surface area contributed by atoms with Crippen molar-refractivity contribution in [1.82, 2.24) is 9.97 Å². The van der Waals surface area contributed by atoms with Crippen LogP contribution in [0.4, 0.5) is 5.69 Å². The van der Waals surface area contributed by atoms with Crippen LogP contribution in [0, 0.1) is 6.92 Å². The van der Waals surface area contributed by atoms with E-state index in [1.54, 1.807) is 0 Å². The van der Waals surface area contributed by atoms with E-state index >= 15 is 0 Å². The number of fused-ring (bicyclic) bond motifs is 1. The van der Waals surface area contributed by atoms with Crippen LogP contribution in [0.2, 0.25) is 0 Å². The molecular weight excluding hydrogens is 410 g/mol. The molecule has 0 unspecified atom stereocenters. The molecule has 0 fully saturated rings. The second-order valence-corrected chi connectivity index (χ2v) is 8.54. The summed E-state index contributed by atoms with van der Waals surface area (Å²) in [6.45, 7) is 13.2. The van der Waals surface area contributed by atoms with Gasteiger partial charge in [-0.3, -0.25) is 0 Å². The fraction of sp³-hybridized carbons (Fsp3) is 0.429. The Morgan fingerprint density at radius 3 is 2.15 bits per heavy atom. The highest BCUT2D eigenvalue weighted by molar-refractivity contribution is 5.81. The molecule has 5 heteroatoms. The third-order valence-electron chi connectivity index (χ3n) is 6.23. The molecule has 0 radical (unpaired) electrons. The van der Waals surface area contributed by atoms with Crippen molar-refractivity contribution in [2.45, 2.75) is 60.3 Å². The van der Waals surface area contributed by atoms with E-state index in [-0.39, 0.29) is 6.79 Å². The zero-order valence-corrected chi connectivity index (χ0v) is 20.6. The molecule has 2 heterocycles. The quantitative estimate of drug-likeness (QED) is 0.371. The summed E-state index contributed by atoms with van der Waals surface area (Å²) in [5.74, 6) is 2.37. The highest BCUT2D eigenvalue weighted by Crippen LogP contribution is 2.40. The van der Waals surface area contributed by atoms with Gasteiger partial charge in [-0.25, -0.2) is 9.97 Å². The van der Waals surface area contributed by atoms with E-state index in [9.17, 15) is 0 Å². The Balaban J connectivity index is 1.97. The minimum absolute atomic E-state index is 0.265. The highest BCUT2D eigenvalue weighted by Gasteiger charge is 2.23. The van der Waals surface area contributed by atoms with Crippen LogP contribution in [0.3, 0.4) is 0 Å². The Morgan fingerprint density at radius 2 is 1.52 bits per heavy atom. The molecular formula is C28H35N3O2. The predicted octanol–water partition coefficient (Wildman–Crippen LogP) is 6.60. The van der Waals surface area contributed by atoms with E-state index in [4.69, 9.17) is 19.4 Å². The van der Waals surface area contributed by atoms with Crippen LogP contribution < -0.4 is 14.4 Å². The zero-order chi connectivity index (χ0) is 23.4. The van der Waals surface area contributed by atoms with Gasteiger partial charge in [0.25, 0.3) is 0 Å². The van der Waals surface area contributed by atoms with Crippen molar-refractivity contribution in [3.63, 3.8) is 0 Å². The van der Waals surface area contributed by atoms with E-state index < -0.39 is 0 Å². The average molecular weight is 446 g/mol. The third kappa shape index (κ3) is 4.54. The lowest BCUT2D eigenvalue weighted by Crippen LogP contribution is -2.27. The number of ether oxygens (including phenoxy) is 2. The van der Waals surface area contributed by atoms with Crippen LogP contribution in [-0.4, -0.2) is 29.9 Å². The van der Waals surface area contributed by atoms with Gasteiger partial charge in [-0.15, -0.1) is 0 Å². The summed E-state index contributed by atoms with van der Waals surface area (Å²) in [6, 6.07) is 12.7. The summed E-state index contributed by atoms with van der Waals surface area (Å²) in [7, 11) is 0. The molecule has 0 aliphatic carbocycles. The summed E-state index contributed by atoms with van der Waals surface area (Å²) < 4.78 is 11.3. The number of nitrogens with zero attached hydrogens (tertiary/aromatic N) is 3. The number of anilines is 1. The summed E-state index contributed by atoms with van der Waals surface area (Å²) >= 11 is 0. The van der Waals surface area contributed by atoms with Crippen LogP contribution in [-0.2, 0) is 12.8 Å². The van der Waals surface area contributed by atoms with E-state index in [2.05, 4.69) is 69.9 Å². The third-order valence-corrected chi connectivity index (χ3v) is 6.23. The summed E-state index contributed by atoms with van der Waals surface area (Å²) in [4.78, 5) is 12.8. The van der Waals surface area contributed by atoms with Crippen molar-refractivity contribution in [2.24, 2.45) is 0 Å². The first-order valence-electron chi connectivity index (χ1n) is 12.3. The first-order chi connectivity index (χ1) is 16.1. The standard InChI is InChI=1S/C28H35N3O2/c1-6-15-31(16-7-2)27-19(5)29-28(25-20(8-3)11-10-12-21(25)9-4)30-26(27)22-13-14-23-24(17-22)33-18-32-23/h10-14,17H,6-9,15-16,18H2,1-5H3. The Hall–Kier alpha value is -3.08. The van der Waals surface area contributed by atoms with E-state index in [1.165, 1.54) is 16.7 Å². The molecule has 0 saturated heterocycles. The number of hydrogen-bond donors (Lipinski definition) is 0. The average Bonchev–Trinajstić information content (AvgIpc) is 3.31. The topological polar surface area (TPSA) is 47.5 Å². The maximum Gasteiger partial charge on any atom is 0.231 e. The van der Waals surface area contributed by atoms with E-state index in [0.29, 0.717) is 0 Å². The van der Waals surface area contributed by atoms with Crippen molar-refractivity contribution < 1.29 is 9.47 Å². The van der Waals surface area contributed by atoms with Crippen molar-refractivity contribution in [3.05, 3.63) is 53.2 Å². The monoisotopic (exact) mass is 445 g/mol. The van der Waals surface area contributed by atoms with Gasteiger partial charge in [-0.1, -0.05) is 45.9 Å². The van der Waals surface area contributed by atoms with Crippen molar-refractivity contribution >= 4 is 5.69 Å². The first-order valence-corrected chi connectivity index (χ1v) is 12.3. The minimum Gasteiger partial charge on any atom is -0.454 e. The molecule has 0 bridgehead atoms. The lowest BCUT2D eigenvalue weighted by Gasteiger charge is -2.28. The van der Waals surface area contributed by atoms with Crippen molar-refractivity contribution in [2.75, 3.05) is 24.8 Å². The van der Waals surface area contributed by atoms with Crippen LogP contribution in [0.5, 0.6) is 11.5 Å². The molecule has 0 N–H and O–H groups in total. The highest BCUT2D eigenvalue weighted by atomic mass is 16.7. The molecule has 0 atom stereocenters. The molecule has 3 aromatic rings. The Kier molecular flexibility index (Phi) is 7.17. The van der Waals surface area contributed by atoms with E-state index in [1.807, 2.05) is 6.07 Å². The maximum absolute atomic E-state index is 5.69. The van der Waals surface area contributed by atoms with Crippen LogP contribution in [0.25, 0.3) is 22.6 Å². The smallest absolute Gasteiger partial charge is 0.231 e. The number of hydrogen-bond acceptors (Lipinski definition) is 5. The Bertz CT molecular complexity index is 1100. The van der Waals surface area contributed by atoms with Crippen molar-refractivity contribution in [1.29, 1.82) is 0 Å². The molecule has 5 nitrogen and oxygen atoms in total. The molecule has 33 heavy (non-hydrogen) atoms. The SMILES string of the molecule is CCCN(CCC)c1c(C)nc(-c2c(CC)cccc2CC)nc1-c1ccc2c(c1)OCO2. The summed E-state index contributed by atoms with van der Waals surface area (Å²) in [5, 5.41) is 0. The molecule has 174 valence electrons. The lowest BCUT2D eigenvalue weighted by atomic mass is 9.96. The lowest BCUT2D eigenvalue weighted by molar-refractivity contribution is 0.174. The molecule has 0 spiro atoms. The van der Waals surface area contributed by atoms with Gasteiger partial charge in [0, 0.05) is 24.2 Å². The largest absolute Gasteiger partial charge is 0.454 e. The number of rotatable bonds is 9. The van der Waals surface area contributed by atoms with Gasteiger partial charge in [0.05, 0.1) is 17.1 Å². The summed E-state index contributed by atoms with van der Waals surface area (Å²) in [6.07, 6.45) is 4.04. The molecule has 1 aliphatic rings. The fourth-order valence-electron chi connectivity index (χ4n) is 4.71. The molecule has 4 rings (SSSR count). The van der Waals surface area contributed by atoms with Gasteiger partial charge in [0.1, 0.15) is 0 Å². The van der Waals surface area contributed by atoms with E-state index in [0.717, 1.165) is 78.7 Å². The maximum atomic E-state index is 5.69. The normalized spacial score (nSPS) is 12.3. The fourth-order valence-corrected chi connectivity index (χ4v) is 4.71. The van der Waals surface area contributed by atoms with Gasteiger partial charge in [0.15, 0.2) is 17.3 Å². The second kappa shape index (κ2) is 10.2. The number of aromatic nitrogens is 2. The second-order valence-electron chi connectivity index (χ2n) is 8.54. The van der Waals surface area contributed by atoms with Gasteiger partial charge >= 0.3 is 0 Å². The summed E-state index contributed by atoms with van der Waals surface area (Å²) in [5.41, 5.74) is 7.89. The minimum atomic E-state index is 0.265. The van der Waals surface area contributed by atoms with Crippen LogP contribution in [0.1, 0.15) is 57.4 Å². The molecule has 1 aliphatic heterocycles. The molecule has 0 amide bonds. The van der Waals surface area contributed by atoms with Gasteiger partial charge in [-0.2, -0.15) is 0 Å². The van der Waals surface area contributed by atoms with Gasteiger partial charge in [-0.05, 0) is 61.9 Å². The molecule has 2 aromatic carbocycles. The predicted molar refractivity (Wildman–Crippen MR) is 135 cm³/mol. The Morgan fingerprint density at radius 1 is 0.848 bits per heavy atom. The molecule has 1 aromatic heterocycles. The van der Waals surface area contributed by atoms with Gasteiger partial charge in [0.2, 0.25) is 6.79 Å². The number of aryl methyl sites for hydroxylation is 3. The first kappa shape index (κ1) is 23.1. The van der Waals surface area contributed by atoms with Gasteiger partial charge < -0.3 is 14.4 Å². The molecule has 0 saturated carbocycles. The number of benzene rings is 2.